The molecule has 0 bridgehead atoms. The molecule has 1 unspecified atom stereocenters. The molecule has 1 heterocycles. The molecule has 1 atom stereocenters. The molecule has 1 aromatic rings. The van der Waals surface area contributed by atoms with Crippen molar-refractivity contribution in [3.05, 3.63) is 35.6 Å². The summed E-state index contributed by atoms with van der Waals surface area (Å²) in [6, 6.07) is 6.54. The molecule has 0 saturated carbocycles. The molecule has 1 aliphatic heterocycles. The lowest BCUT2D eigenvalue weighted by Crippen LogP contribution is -2.00. The quantitative estimate of drug-likeness (QED) is 0.707. The van der Waals surface area contributed by atoms with Crippen LogP contribution in [0.2, 0.25) is 0 Å². The van der Waals surface area contributed by atoms with Gasteiger partial charge in [-0.25, -0.2) is 9.38 Å². The molecule has 0 amide bonds. The summed E-state index contributed by atoms with van der Waals surface area (Å²) in [5.41, 5.74) is 0.621. The number of aliphatic imine (C=N–C) groups is 1. The molecule has 2 rings (SSSR count). The molecule has 0 fully saturated rings. The van der Waals surface area contributed by atoms with E-state index in [0.29, 0.717) is 12.2 Å². The Morgan fingerprint density at radius 2 is 2.29 bits per heavy atom. The average molecular weight is 193 g/mol. The van der Waals surface area contributed by atoms with Crippen molar-refractivity contribution in [1.29, 1.82) is 0 Å². The second-order valence-electron chi connectivity index (χ2n) is 3.22. The van der Waals surface area contributed by atoms with Crippen molar-refractivity contribution < 1.29 is 9.13 Å². The lowest BCUT2D eigenvalue weighted by atomic mass is 10.1. The van der Waals surface area contributed by atoms with Gasteiger partial charge in [0.1, 0.15) is 18.5 Å². The van der Waals surface area contributed by atoms with Crippen LogP contribution in [0.4, 0.5) is 4.39 Å². The van der Waals surface area contributed by atoms with Crippen LogP contribution in [0.25, 0.3) is 0 Å². The van der Waals surface area contributed by atoms with Crippen LogP contribution in [0.3, 0.4) is 0 Å². The van der Waals surface area contributed by atoms with Gasteiger partial charge in [0.15, 0.2) is 5.90 Å². The van der Waals surface area contributed by atoms with Crippen molar-refractivity contribution in [2.75, 3.05) is 6.61 Å². The summed E-state index contributed by atoms with van der Waals surface area (Å²) >= 11 is 0. The molecule has 74 valence electrons. The smallest absolute Gasteiger partial charge is 0.183 e. The monoisotopic (exact) mass is 193 g/mol. The summed E-state index contributed by atoms with van der Waals surface area (Å²) in [6.07, 6.45) is 0.769. The summed E-state index contributed by atoms with van der Waals surface area (Å²) < 4.78 is 18.7. The van der Waals surface area contributed by atoms with Crippen molar-refractivity contribution >= 4 is 5.90 Å². The molecule has 0 aromatic heterocycles. The lowest BCUT2D eigenvalue weighted by molar-refractivity contribution is 0.310. The maximum atomic E-state index is 13.3. The maximum absolute atomic E-state index is 13.3. The zero-order valence-electron chi connectivity index (χ0n) is 8.03. The van der Waals surface area contributed by atoms with Gasteiger partial charge in [0.25, 0.3) is 0 Å². The highest BCUT2D eigenvalue weighted by molar-refractivity contribution is 5.77. The number of hydrogen-bond acceptors (Lipinski definition) is 2. The summed E-state index contributed by atoms with van der Waals surface area (Å²) in [6.45, 7) is 2.44. The highest BCUT2D eigenvalue weighted by atomic mass is 19.1. The van der Waals surface area contributed by atoms with Gasteiger partial charge in [-0.3, -0.25) is 0 Å². The van der Waals surface area contributed by atoms with E-state index < -0.39 is 0 Å². The summed E-state index contributed by atoms with van der Waals surface area (Å²) in [5.74, 6) is 0.514. The second-order valence-corrected chi connectivity index (χ2v) is 3.22. The molecule has 0 radical (unpaired) electrons. The van der Waals surface area contributed by atoms with Gasteiger partial charge in [0.05, 0.1) is 0 Å². The maximum Gasteiger partial charge on any atom is 0.183 e. The first-order valence-electron chi connectivity index (χ1n) is 4.75. The molecule has 0 aliphatic carbocycles. The van der Waals surface area contributed by atoms with E-state index in [1.165, 1.54) is 6.07 Å². The number of halogens is 1. The van der Waals surface area contributed by atoms with Crippen LogP contribution >= 0.6 is 0 Å². The predicted octanol–water partition coefficient (Wildman–Crippen LogP) is 2.71. The number of hydrogen-bond donors (Lipinski definition) is 0. The Kier molecular flexibility index (Phi) is 2.48. The van der Waals surface area contributed by atoms with E-state index in [4.69, 9.17) is 4.74 Å². The standard InChI is InChI=1S/C11H12FNO/c1-2-11-13-10(7-14-11)8-5-3-4-6-9(8)12/h3-6,10H,2,7H2,1H3. The first kappa shape index (κ1) is 9.19. The molecule has 1 aliphatic rings. The molecule has 2 nitrogen and oxygen atoms in total. The molecule has 3 heteroatoms. The van der Waals surface area contributed by atoms with Crippen molar-refractivity contribution in [3.8, 4) is 0 Å². The Morgan fingerprint density at radius 3 is 2.93 bits per heavy atom. The average Bonchev–Trinajstić information content (AvgIpc) is 2.67. The van der Waals surface area contributed by atoms with Gasteiger partial charge in [0.2, 0.25) is 0 Å². The fraction of sp³-hybridized carbons (Fsp3) is 0.364. The van der Waals surface area contributed by atoms with Gasteiger partial charge >= 0.3 is 0 Å². The van der Waals surface area contributed by atoms with Crippen molar-refractivity contribution in [2.45, 2.75) is 19.4 Å². The first-order valence-corrected chi connectivity index (χ1v) is 4.75. The lowest BCUT2D eigenvalue weighted by Gasteiger charge is -2.05. The number of rotatable bonds is 2. The molecule has 0 spiro atoms. The largest absolute Gasteiger partial charge is 0.478 e. The van der Waals surface area contributed by atoms with E-state index in [1.807, 2.05) is 13.0 Å². The van der Waals surface area contributed by atoms with Gasteiger partial charge in [-0.05, 0) is 6.07 Å². The minimum atomic E-state index is -0.206. The minimum absolute atomic E-state index is 0.161. The van der Waals surface area contributed by atoms with E-state index in [9.17, 15) is 4.39 Å². The van der Waals surface area contributed by atoms with Crippen LogP contribution in [0.15, 0.2) is 29.3 Å². The minimum Gasteiger partial charge on any atom is -0.478 e. The van der Waals surface area contributed by atoms with Crippen LogP contribution in [-0.2, 0) is 4.74 Å². The highest BCUT2D eigenvalue weighted by Gasteiger charge is 2.21. The Morgan fingerprint density at radius 1 is 1.50 bits per heavy atom. The van der Waals surface area contributed by atoms with Gasteiger partial charge in [-0.1, -0.05) is 25.1 Å². The van der Waals surface area contributed by atoms with Crippen LogP contribution in [0, 0.1) is 5.82 Å². The third-order valence-electron chi connectivity index (χ3n) is 2.27. The van der Waals surface area contributed by atoms with Crippen molar-refractivity contribution in [3.63, 3.8) is 0 Å². The normalized spacial score (nSPS) is 20.4. The van der Waals surface area contributed by atoms with E-state index in [0.717, 1.165) is 12.3 Å². The molecule has 0 saturated heterocycles. The number of nitrogens with zero attached hydrogens (tertiary/aromatic N) is 1. The fourth-order valence-corrected chi connectivity index (χ4v) is 1.52. The van der Waals surface area contributed by atoms with Crippen molar-refractivity contribution in [1.82, 2.24) is 0 Å². The van der Waals surface area contributed by atoms with Gasteiger partial charge in [-0.2, -0.15) is 0 Å². The zero-order chi connectivity index (χ0) is 9.97. The molecule has 1 aromatic carbocycles. The predicted molar refractivity (Wildman–Crippen MR) is 52.8 cm³/mol. The van der Waals surface area contributed by atoms with Crippen molar-refractivity contribution in [2.24, 2.45) is 4.99 Å². The Hall–Kier alpha value is -1.38. The van der Waals surface area contributed by atoms with Gasteiger partial charge < -0.3 is 4.74 Å². The van der Waals surface area contributed by atoms with Crippen LogP contribution in [0.5, 0.6) is 0 Å². The zero-order valence-corrected chi connectivity index (χ0v) is 8.03. The highest BCUT2D eigenvalue weighted by Crippen LogP contribution is 2.25. The van der Waals surface area contributed by atoms with E-state index in [1.54, 1.807) is 12.1 Å². The van der Waals surface area contributed by atoms with E-state index >= 15 is 0 Å². The Balaban J connectivity index is 2.25. The Labute approximate surface area is 82.4 Å². The Bertz CT molecular complexity index is 362. The summed E-state index contributed by atoms with van der Waals surface area (Å²) in [5, 5.41) is 0. The van der Waals surface area contributed by atoms with E-state index in [-0.39, 0.29) is 11.9 Å². The molecular weight excluding hydrogens is 181 g/mol. The third-order valence-corrected chi connectivity index (χ3v) is 2.27. The fourth-order valence-electron chi connectivity index (χ4n) is 1.52. The third kappa shape index (κ3) is 1.62. The summed E-state index contributed by atoms with van der Waals surface area (Å²) in [4.78, 5) is 4.29. The number of benzene rings is 1. The topological polar surface area (TPSA) is 21.6 Å². The number of ether oxygens (including phenoxy) is 1. The van der Waals surface area contributed by atoms with Crippen LogP contribution in [0.1, 0.15) is 24.9 Å². The van der Waals surface area contributed by atoms with Gasteiger partial charge in [-0.15, -0.1) is 0 Å². The molecular formula is C11H12FNO. The van der Waals surface area contributed by atoms with Crippen LogP contribution < -0.4 is 0 Å². The first-order chi connectivity index (χ1) is 6.81. The SMILES string of the molecule is CCC1=NC(c2ccccc2F)CO1. The molecule has 0 N–H and O–H groups in total. The van der Waals surface area contributed by atoms with E-state index in [2.05, 4.69) is 4.99 Å². The van der Waals surface area contributed by atoms with Gasteiger partial charge in [0, 0.05) is 12.0 Å². The summed E-state index contributed by atoms with van der Waals surface area (Å²) in [7, 11) is 0. The second kappa shape index (κ2) is 3.78. The molecule has 14 heavy (non-hydrogen) atoms. The van der Waals surface area contributed by atoms with Crippen LogP contribution in [-0.4, -0.2) is 12.5 Å².